The minimum Gasteiger partial charge on any atom is -0.487 e. The summed E-state index contributed by atoms with van der Waals surface area (Å²) < 4.78 is 28.3. The molecule has 2 aliphatic rings. The number of carbonyl (C=O) groups is 1. The molecule has 0 spiro atoms. The fraction of sp³-hybridized carbons (Fsp3) is 0.391. The van der Waals surface area contributed by atoms with Crippen molar-refractivity contribution in [2.75, 3.05) is 57.3 Å². The molecule has 2 aromatic heterocycles. The van der Waals surface area contributed by atoms with Gasteiger partial charge < -0.3 is 23.8 Å². The van der Waals surface area contributed by atoms with E-state index in [0.29, 0.717) is 35.9 Å². The summed E-state index contributed by atoms with van der Waals surface area (Å²) in [6, 6.07) is 2.60. The number of piperazine rings is 1. The molecular formula is C23H26FN7O4. The average molecular weight is 484 g/mol. The molecule has 1 atom stereocenters. The number of aromatic nitrogens is 3. The maximum absolute atomic E-state index is 15.4. The van der Waals surface area contributed by atoms with Crippen molar-refractivity contribution in [3.05, 3.63) is 46.1 Å². The lowest BCUT2D eigenvalue weighted by Crippen LogP contribution is -2.45. The first-order valence-corrected chi connectivity index (χ1v) is 11.3. The van der Waals surface area contributed by atoms with Crippen molar-refractivity contribution >= 4 is 28.4 Å². The summed E-state index contributed by atoms with van der Waals surface area (Å²) in [7, 11) is 3.48. The van der Waals surface area contributed by atoms with Crippen LogP contribution in [-0.2, 0) is 0 Å². The standard InChI is InChI=1S/C23H26FN7O4/c1-13-12-35-21-18-14(10-16(24)19(21)30-8-6-29(2)7-9-30)20(32)15(11-31(13)18)22(33)27-28-23-25-5-4-17(26-23)34-3/h4-5,10-11,13H,6-9,12H2,1-3H3,(H,27,33)(H,25,26,28)/t13-/m0/s1. The molecule has 184 valence electrons. The number of ether oxygens (including phenoxy) is 2. The van der Waals surface area contributed by atoms with Gasteiger partial charge in [0.2, 0.25) is 17.3 Å². The van der Waals surface area contributed by atoms with Crippen LogP contribution in [0, 0.1) is 5.82 Å². The highest BCUT2D eigenvalue weighted by Gasteiger charge is 2.31. The molecule has 2 aliphatic heterocycles. The van der Waals surface area contributed by atoms with E-state index in [1.165, 1.54) is 25.6 Å². The molecule has 4 heterocycles. The molecule has 5 rings (SSSR count). The van der Waals surface area contributed by atoms with Gasteiger partial charge in [0.05, 0.1) is 24.1 Å². The predicted octanol–water partition coefficient (Wildman–Crippen LogP) is 1.40. The number of likely N-dealkylation sites (N-methyl/N-ethyl adjacent to an activating group) is 1. The highest BCUT2D eigenvalue weighted by molar-refractivity contribution is 6.00. The van der Waals surface area contributed by atoms with E-state index in [4.69, 9.17) is 9.47 Å². The van der Waals surface area contributed by atoms with Gasteiger partial charge in [0.15, 0.2) is 11.6 Å². The number of halogens is 1. The molecule has 0 radical (unpaired) electrons. The lowest BCUT2D eigenvalue weighted by Gasteiger charge is -2.37. The number of hydrogen-bond donors (Lipinski definition) is 2. The maximum Gasteiger partial charge on any atom is 0.275 e. The van der Waals surface area contributed by atoms with Crippen molar-refractivity contribution in [3.8, 4) is 11.6 Å². The summed E-state index contributed by atoms with van der Waals surface area (Å²) in [6.07, 6.45) is 2.95. The number of benzene rings is 1. The normalized spacial score (nSPS) is 17.7. The smallest absolute Gasteiger partial charge is 0.275 e. The van der Waals surface area contributed by atoms with Gasteiger partial charge in [-0.2, -0.15) is 4.98 Å². The number of amides is 1. The van der Waals surface area contributed by atoms with Crippen molar-refractivity contribution in [2.45, 2.75) is 13.0 Å². The molecule has 1 amide bonds. The van der Waals surface area contributed by atoms with E-state index in [1.807, 2.05) is 23.4 Å². The number of nitrogens with zero attached hydrogens (tertiary/aromatic N) is 5. The van der Waals surface area contributed by atoms with E-state index in [1.54, 1.807) is 6.07 Å². The average Bonchev–Trinajstić information content (AvgIpc) is 2.86. The Labute approximate surface area is 200 Å². The minimum absolute atomic E-state index is 0.0897. The molecule has 1 fully saturated rings. The zero-order chi connectivity index (χ0) is 24.7. The first kappa shape index (κ1) is 22.8. The van der Waals surface area contributed by atoms with Crippen LogP contribution in [0.1, 0.15) is 23.3 Å². The van der Waals surface area contributed by atoms with Crippen molar-refractivity contribution < 1.29 is 18.7 Å². The molecule has 11 nitrogen and oxygen atoms in total. The van der Waals surface area contributed by atoms with Crippen LogP contribution in [0.25, 0.3) is 10.9 Å². The quantitative estimate of drug-likeness (QED) is 0.520. The van der Waals surface area contributed by atoms with Crippen LogP contribution in [-0.4, -0.2) is 72.3 Å². The first-order valence-electron chi connectivity index (χ1n) is 11.3. The van der Waals surface area contributed by atoms with E-state index >= 15 is 4.39 Å². The fourth-order valence-electron chi connectivity index (χ4n) is 4.39. The summed E-state index contributed by atoms with van der Waals surface area (Å²) in [6.45, 7) is 5.08. The van der Waals surface area contributed by atoms with Gasteiger partial charge in [-0.3, -0.25) is 20.4 Å². The van der Waals surface area contributed by atoms with E-state index in [2.05, 4.69) is 25.7 Å². The molecular weight excluding hydrogens is 457 g/mol. The molecule has 0 unspecified atom stereocenters. The van der Waals surface area contributed by atoms with Crippen molar-refractivity contribution in [1.82, 2.24) is 24.9 Å². The van der Waals surface area contributed by atoms with Crippen molar-refractivity contribution in [3.63, 3.8) is 0 Å². The van der Waals surface area contributed by atoms with E-state index < -0.39 is 17.2 Å². The summed E-state index contributed by atoms with van der Waals surface area (Å²) in [5, 5.41) is 0.0900. The third-order valence-corrected chi connectivity index (χ3v) is 6.33. The second kappa shape index (κ2) is 9.02. The van der Waals surface area contributed by atoms with Crippen molar-refractivity contribution in [2.24, 2.45) is 0 Å². The van der Waals surface area contributed by atoms with E-state index in [9.17, 15) is 9.59 Å². The van der Waals surface area contributed by atoms with Crippen LogP contribution >= 0.6 is 0 Å². The summed E-state index contributed by atoms with van der Waals surface area (Å²) in [5.41, 5.74) is 5.13. The fourth-order valence-corrected chi connectivity index (χ4v) is 4.39. The Hall–Kier alpha value is -3.93. The molecule has 3 aromatic rings. The molecule has 1 aromatic carbocycles. The van der Waals surface area contributed by atoms with Gasteiger partial charge in [-0.1, -0.05) is 0 Å². The number of anilines is 2. The van der Waals surface area contributed by atoms with Crippen LogP contribution in [0.4, 0.5) is 16.0 Å². The Bertz CT molecular complexity index is 1350. The maximum atomic E-state index is 15.4. The van der Waals surface area contributed by atoms with Gasteiger partial charge in [-0.05, 0) is 20.0 Å². The number of rotatable bonds is 5. The largest absolute Gasteiger partial charge is 0.487 e. The summed E-state index contributed by atoms with van der Waals surface area (Å²) in [5.74, 6) is -0.506. The lowest BCUT2D eigenvalue weighted by molar-refractivity contribution is 0.0960. The van der Waals surface area contributed by atoms with Crippen molar-refractivity contribution in [1.29, 1.82) is 0 Å². The number of hydrazine groups is 1. The topological polar surface area (TPSA) is 114 Å². The Morgan fingerprint density at radius 3 is 2.80 bits per heavy atom. The molecule has 0 bridgehead atoms. The second-order valence-corrected chi connectivity index (χ2v) is 8.66. The highest BCUT2D eigenvalue weighted by Crippen LogP contribution is 2.42. The molecule has 0 aliphatic carbocycles. The van der Waals surface area contributed by atoms with Crippen LogP contribution in [0.2, 0.25) is 0 Å². The Morgan fingerprint density at radius 2 is 2.06 bits per heavy atom. The number of hydrogen-bond acceptors (Lipinski definition) is 9. The van der Waals surface area contributed by atoms with Gasteiger partial charge in [0.1, 0.15) is 17.9 Å². The van der Waals surface area contributed by atoms with Gasteiger partial charge >= 0.3 is 0 Å². The summed E-state index contributed by atoms with van der Waals surface area (Å²) >= 11 is 0. The Kier molecular flexibility index (Phi) is 5.89. The van der Waals surface area contributed by atoms with Gasteiger partial charge in [-0.15, -0.1) is 0 Å². The van der Waals surface area contributed by atoms with Gasteiger partial charge in [-0.25, -0.2) is 9.37 Å². The zero-order valence-corrected chi connectivity index (χ0v) is 19.7. The molecule has 0 saturated carbocycles. The van der Waals surface area contributed by atoms with Crippen LogP contribution in [0.5, 0.6) is 11.6 Å². The first-order chi connectivity index (χ1) is 16.9. The second-order valence-electron chi connectivity index (χ2n) is 8.66. The van der Waals surface area contributed by atoms with E-state index in [0.717, 1.165) is 13.1 Å². The highest BCUT2D eigenvalue weighted by atomic mass is 19.1. The van der Waals surface area contributed by atoms with Crippen LogP contribution < -0.4 is 30.7 Å². The monoisotopic (exact) mass is 483 g/mol. The SMILES string of the molecule is COc1ccnc(NNC(=O)c2cn3c4c(c(N5CCN(C)CC5)c(F)cc4c2=O)OC[C@@H]3C)n1. The number of methoxy groups -OCH3 is 1. The van der Waals surface area contributed by atoms with Gasteiger partial charge in [0, 0.05) is 44.6 Å². The van der Waals surface area contributed by atoms with Crippen LogP contribution in [0.15, 0.2) is 29.3 Å². The minimum atomic E-state index is -0.698. The Balaban J connectivity index is 1.54. The third kappa shape index (κ3) is 4.09. The molecule has 35 heavy (non-hydrogen) atoms. The zero-order valence-electron chi connectivity index (χ0n) is 19.7. The number of nitrogens with one attached hydrogen (secondary N) is 2. The number of carbonyl (C=O) groups excluding carboxylic acids is 1. The Morgan fingerprint density at radius 1 is 1.29 bits per heavy atom. The third-order valence-electron chi connectivity index (χ3n) is 6.33. The molecule has 1 saturated heterocycles. The summed E-state index contributed by atoms with van der Waals surface area (Å²) in [4.78, 5) is 38.4. The number of pyridine rings is 1. The van der Waals surface area contributed by atoms with Crippen LogP contribution in [0.3, 0.4) is 0 Å². The molecule has 12 heteroatoms. The lowest BCUT2D eigenvalue weighted by atomic mass is 10.0. The van der Waals surface area contributed by atoms with Gasteiger partial charge in [0.25, 0.3) is 5.91 Å². The predicted molar refractivity (Wildman–Crippen MR) is 128 cm³/mol. The van der Waals surface area contributed by atoms with E-state index in [-0.39, 0.29) is 29.5 Å². The molecule has 2 N–H and O–H groups in total.